The number of aryl methyl sites for hydroxylation is 2. The summed E-state index contributed by atoms with van der Waals surface area (Å²) in [6.07, 6.45) is 1.52. The molecular weight excluding hydrogens is 486 g/mol. The third-order valence-corrected chi connectivity index (χ3v) is 7.08. The molecule has 1 atom stereocenters. The van der Waals surface area contributed by atoms with Gasteiger partial charge in [0.1, 0.15) is 6.04 Å². The van der Waals surface area contributed by atoms with Crippen LogP contribution < -0.4 is 9.62 Å². The Labute approximate surface area is 214 Å². The van der Waals surface area contributed by atoms with Crippen molar-refractivity contribution in [2.24, 2.45) is 0 Å². The van der Waals surface area contributed by atoms with E-state index < -0.39 is 16.1 Å². The number of nitrogens with one attached hydrogen (secondary N) is 1. The minimum Gasteiger partial charge on any atom is -0.352 e. The first kappa shape index (κ1) is 28.7. The molecule has 9 heteroatoms. The monoisotopic (exact) mass is 521 g/mol. The molecule has 0 radical (unpaired) electrons. The summed E-state index contributed by atoms with van der Waals surface area (Å²) in [5.41, 5.74) is 3.29. The van der Waals surface area contributed by atoms with Crippen molar-refractivity contribution in [3.63, 3.8) is 0 Å². The molecule has 2 rings (SSSR count). The second-order valence-electron chi connectivity index (χ2n) is 9.22. The molecule has 0 aliphatic carbocycles. The Kier molecular flexibility index (Phi) is 10.2. The first-order chi connectivity index (χ1) is 16.3. The van der Waals surface area contributed by atoms with E-state index in [1.54, 1.807) is 30.0 Å². The molecule has 0 heterocycles. The molecule has 0 aromatic heterocycles. The van der Waals surface area contributed by atoms with E-state index in [0.29, 0.717) is 17.1 Å². The normalized spacial score (nSPS) is 12.3. The van der Waals surface area contributed by atoms with Crippen molar-refractivity contribution < 1.29 is 18.0 Å². The van der Waals surface area contributed by atoms with Gasteiger partial charge in [0.25, 0.3) is 0 Å². The van der Waals surface area contributed by atoms with Gasteiger partial charge in [-0.05, 0) is 64.3 Å². The topological polar surface area (TPSA) is 86.8 Å². The van der Waals surface area contributed by atoms with Gasteiger partial charge < -0.3 is 10.2 Å². The maximum Gasteiger partial charge on any atom is 0.242 e. The fourth-order valence-electron chi connectivity index (χ4n) is 3.71. The minimum atomic E-state index is -3.59. The quantitative estimate of drug-likeness (QED) is 0.473. The molecule has 2 aromatic rings. The largest absolute Gasteiger partial charge is 0.352 e. The molecule has 35 heavy (non-hydrogen) atoms. The summed E-state index contributed by atoms with van der Waals surface area (Å²) in [5.74, 6) is -0.443. The highest BCUT2D eigenvalue weighted by Gasteiger charge is 2.27. The molecule has 0 fully saturated rings. The molecule has 1 N–H and O–H groups in total. The number of hydrogen-bond acceptors (Lipinski definition) is 4. The average molecular weight is 522 g/mol. The van der Waals surface area contributed by atoms with Crippen molar-refractivity contribution in [2.45, 2.75) is 66.1 Å². The number of carbonyl (C=O) groups is 2. The second kappa shape index (κ2) is 12.4. The summed E-state index contributed by atoms with van der Waals surface area (Å²) in [5, 5.41) is 3.30. The summed E-state index contributed by atoms with van der Waals surface area (Å²) in [6.45, 7) is 9.66. The average Bonchev–Trinajstić information content (AvgIpc) is 2.76. The number of sulfonamides is 1. The van der Waals surface area contributed by atoms with E-state index in [2.05, 4.69) is 5.32 Å². The van der Waals surface area contributed by atoms with Gasteiger partial charge in [0.2, 0.25) is 21.8 Å². The Bertz CT molecular complexity index is 1130. The Hall–Kier alpha value is -2.58. The van der Waals surface area contributed by atoms with Gasteiger partial charge in [0.15, 0.2) is 0 Å². The number of amides is 2. The van der Waals surface area contributed by atoms with Gasteiger partial charge in [-0.15, -0.1) is 0 Å². The molecule has 192 valence electrons. The summed E-state index contributed by atoms with van der Waals surface area (Å²) in [7, 11) is -3.59. The maximum atomic E-state index is 13.3. The van der Waals surface area contributed by atoms with Crippen LogP contribution in [0.3, 0.4) is 0 Å². The number of anilines is 1. The van der Waals surface area contributed by atoms with E-state index >= 15 is 0 Å². The zero-order valence-electron chi connectivity index (χ0n) is 21.3. The van der Waals surface area contributed by atoms with Crippen LogP contribution in [0.2, 0.25) is 5.02 Å². The van der Waals surface area contributed by atoms with Gasteiger partial charge in [-0.1, -0.05) is 47.5 Å². The van der Waals surface area contributed by atoms with E-state index in [4.69, 9.17) is 11.6 Å². The lowest BCUT2D eigenvalue weighted by atomic mass is 10.1. The molecule has 0 saturated carbocycles. The summed E-state index contributed by atoms with van der Waals surface area (Å²) >= 11 is 6.10. The van der Waals surface area contributed by atoms with Gasteiger partial charge in [-0.25, -0.2) is 8.42 Å². The lowest BCUT2D eigenvalue weighted by Crippen LogP contribution is -2.49. The third-order valence-electron chi connectivity index (χ3n) is 5.66. The highest BCUT2D eigenvalue weighted by molar-refractivity contribution is 7.92. The van der Waals surface area contributed by atoms with Crippen molar-refractivity contribution in [2.75, 3.05) is 17.1 Å². The van der Waals surface area contributed by atoms with Crippen LogP contribution in [0.4, 0.5) is 5.69 Å². The second-order valence-corrected chi connectivity index (χ2v) is 11.6. The zero-order valence-corrected chi connectivity index (χ0v) is 22.9. The Morgan fingerprint density at radius 3 is 2.23 bits per heavy atom. The van der Waals surface area contributed by atoms with Crippen LogP contribution in [0, 0.1) is 13.8 Å². The van der Waals surface area contributed by atoms with Crippen molar-refractivity contribution in [3.05, 3.63) is 64.2 Å². The maximum absolute atomic E-state index is 13.3. The highest BCUT2D eigenvalue weighted by atomic mass is 35.5. The summed E-state index contributed by atoms with van der Waals surface area (Å²) in [6, 6.07) is 12.2. The SMILES string of the molecule is Cc1ccc(CN(C(=O)CCCN(c2cc(Cl)ccc2C)S(C)(=O)=O)[C@@H](C)C(=O)NC(C)C)cc1. The van der Waals surface area contributed by atoms with Gasteiger partial charge in [-0.3, -0.25) is 13.9 Å². The van der Waals surface area contributed by atoms with E-state index in [-0.39, 0.29) is 37.4 Å². The fourth-order valence-corrected chi connectivity index (χ4v) is 4.89. The lowest BCUT2D eigenvalue weighted by Gasteiger charge is -2.30. The van der Waals surface area contributed by atoms with Crippen molar-refractivity contribution in [3.8, 4) is 0 Å². The van der Waals surface area contributed by atoms with Crippen LogP contribution in [0.25, 0.3) is 0 Å². The molecular formula is C26H36ClN3O4S. The first-order valence-corrected chi connectivity index (χ1v) is 13.9. The van der Waals surface area contributed by atoms with Crippen LogP contribution in [-0.2, 0) is 26.2 Å². The van der Waals surface area contributed by atoms with Gasteiger partial charge in [0.05, 0.1) is 11.9 Å². The lowest BCUT2D eigenvalue weighted by molar-refractivity contribution is -0.140. The summed E-state index contributed by atoms with van der Waals surface area (Å²) < 4.78 is 26.3. The van der Waals surface area contributed by atoms with Crippen LogP contribution in [-0.4, -0.2) is 50.0 Å². The van der Waals surface area contributed by atoms with Crippen LogP contribution in [0.5, 0.6) is 0 Å². The Morgan fingerprint density at radius 1 is 1.03 bits per heavy atom. The van der Waals surface area contributed by atoms with Gasteiger partial charge in [0, 0.05) is 30.6 Å². The molecule has 2 aromatic carbocycles. The minimum absolute atomic E-state index is 0.0504. The van der Waals surface area contributed by atoms with E-state index in [1.807, 2.05) is 52.0 Å². The predicted octanol–water partition coefficient (Wildman–Crippen LogP) is 4.44. The molecule has 0 spiro atoms. The van der Waals surface area contributed by atoms with Gasteiger partial charge in [-0.2, -0.15) is 0 Å². The smallest absolute Gasteiger partial charge is 0.242 e. The number of carbonyl (C=O) groups excluding carboxylic acids is 2. The van der Waals surface area contributed by atoms with Crippen molar-refractivity contribution in [1.29, 1.82) is 0 Å². The standard InChI is InChI=1S/C26H36ClN3O4S/c1-18(2)28-26(32)21(5)29(17-22-12-9-19(3)10-13-22)25(31)8-7-15-30(35(6,33)34)24-16-23(27)14-11-20(24)4/h9-14,16,18,21H,7-8,15,17H2,1-6H3,(H,28,32)/t21-/m0/s1. The number of halogens is 1. The highest BCUT2D eigenvalue weighted by Crippen LogP contribution is 2.27. The molecule has 7 nitrogen and oxygen atoms in total. The van der Waals surface area contributed by atoms with Gasteiger partial charge >= 0.3 is 0 Å². The summed E-state index contributed by atoms with van der Waals surface area (Å²) in [4.78, 5) is 27.6. The Balaban J connectivity index is 2.20. The van der Waals surface area contributed by atoms with E-state index in [0.717, 1.165) is 22.9 Å². The molecule has 0 unspecified atom stereocenters. The number of nitrogens with zero attached hydrogens (tertiary/aromatic N) is 2. The van der Waals surface area contributed by atoms with Crippen molar-refractivity contribution >= 4 is 39.1 Å². The molecule has 0 aliphatic heterocycles. The van der Waals surface area contributed by atoms with E-state index in [1.165, 1.54) is 4.31 Å². The molecule has 0 saturated heterocycles. The first-order valence-electron chi connectivity index (χ1n) is 11.7. The van der Waals surface area contributed by atoms with Crippen LogP contribution in [0.1, 0.15) is 50.3 Å². The number of benzene rings is 2. The van der Waals surface area contributed by atoms with E-state index in [9.17, 15) is 18.0 Å². The molecule has 2 amide bonds. The van der Waals surface area contributed by atoms with Crippen molar-refractivity contribution in [1.82, 2.24) is 10.2 Å². The molecule has 0 bridgehead atoms. The zero-order chi connectivity index (χ0) is 26.3. The third kappa shape index (κ3) is 8.54. The van der Waals surface area contributed by atoms with Crippen LogP contribution in [0.15, 0.2) is 42.5 Å². The Morgan fingerprint density at radius 2 is 1.66 bits per heavy atom. The number of hydrogen-bond donors (Lipinski definition) is 1. The number of rotatable bonds is 11. The van der Waals surface area contributed by atoms with Crippen LogP contribution >= 0.6 is 11.6 Å². The molecule has 0 aliphatic rings. The fraction of sp³-hybridized carbons (Fsp3) is 0.462. The predicted molar refractivity (Wildman–Crippen MR) is 142 cm³/mol.